The quantitative estimate of drug-likeness (QED) is 0.123. The van der Waals surface area contributed by atoms with E-state index in [1.54, 1.807) is 34.8 Å². The Bertz CT molecular complexity index is 6070. The number of nitriles is 4. The molecule has 9 heterocycles. The first-order chi connectivity index (χ1) is 46.5. The molecule has 18 rings (SSSR count). The highest BCUT2D eigenvalue weighted by atomic mass is 32.1. The molecule has 2 aliphatic rings. The van der Waals surface area contributed by atoms with Gasteiger partial charge in [0.2, 0.25) is 0 Å². The van der Waals surface area contributed by atoms with E-state index in [-0.39, 0.29) is 11.1 Å². The van der Waals surface area contributed by atoms with Gasteiger partial charge < -0.3 is 0 Å². The summed E-state index contributed by atoms with van der Waals surface area (Å²) in [5, 5.41) is 38.2. The maximum absolute atomic E-state index is 9.58. The number of nitrogens with zero attached hydrogens (tertiary/aromatic N) is 8. The van der Waals surface area contributed by atoms with E-state index in [0.29, 0.717) is 22.2 Å². The first-order valence-corrected chi connectivity index (χ1v) is 37.4. The van der Waals surface area contributed by atoms with Crippen molar-refractivity contribution < 1.29 is 0 Å². The lowest BCUT2D eigenvalue weighted by molar-refractivity contribution is 0.766. The minimum Gasteiger partial charge on any atom is -0.192 e. The summed E-state index contributed by atoms with van der Waals surface area (Å²) >= 11 is 15.3. The Morgan fingerprint density at radius 3 is 1.15 bits per heavy atom. The smallest absolute Gasteiger partial charge is 0.130 e. The second kappa shape index (κ2) is 21.9. The Labute approximate surface area is 581 Å². The Morgan fingerprint density at radius 1 is 0.337 bits per heavy atom. The van der Waals surface area contributed by atoms with Crippen molar-refractivity contribution in [1.82, 2.24) is 17.5 Å². The Morgan fingerprint density at radius 2 is 0.716 bits per heavy atom. The molecule has 0 saturated carbocycles. The van der Waals surface area contributed by atoms with Crippen molar-refractivity contribution in [2.45, 2.75) is 38.5 Å². The SMILES string of the molecule is Cc1ccc(C2(c3ccc(C)cc3)c3cc4c(cc3-c3sc5cc(-c6ccc(-c7ccc(C=C(C#N)C#N)c8nsnc78)s6)sc5c32)C(c2ccc(C)cc2)(c2ccc(C)cc2)c2c-4sc3c2sc2cc(-c4ccc(-c5ccc(C=C(C#N)C#N)c6nsnc56)s4)sc23)cc1. The number of hydrogen-bond donors (Lipinski definition) is 0. The maximum Gasteiger partial charge on any atom is 0.130 e. The van der Waals surface area contributed by atoms with E-state index in [9.17, 15) is 21.0 Å². The van der Waals surface area contributed by atoms with E-state index in [1.165, 1.54) is 135 Å². The highest BCUT2D eigenvalue weighted by molar-refractivity contribution is 7.41. The van der Waals surface area contributed by atoms with E-state index in [2.05, 4.69) is 182 Å². The van der Waals surface area contributed by atoms with E-state index in [4.69, 9.17) is 8.75 Å². The minimum atomic E-state index is -0.694. The molecule has 0 saturated heterocycles. The molecule has 95 heavy (non-hydrogen) atoms. The topological polar surface area (TPSA) is 147 Å². The molecule has 8 nitrogen and oxygen atoms in total. The number of thiophene rings is 7. The Kier molecular flexibility index (Phi) is 13.4. The molecular formula is C78H42N8S9. The summed E-state index contributed by atoms with van der Waals surface area (Å²) in [6, 6.07) is 72.2. The summed E-state index contributed by atoms with van der Waals surface area (Å²) in [5.41, 5.74) is 22.6. The van der Waals surface area contributed by atoms with Gasteiger partial charge in [0.1, 0.15) is 57.5 Å². The number of rotatable bonds is 10. The van der Waals surface area contributed by atoms with Crippen LogP contribution >= 0.6 is 103 Å². The number of aromatic nitrogens is 4. The van der Waals surface area contributed by atoms with Crippen LogP contribution in [0.1, 0.15) is 77.9 Å². The van der Waals surface area contributed by atoms with Crippen LogP contribution in [0.4, 0.5) is 0 Å². The average Bonchev–Trinajstić information content (AvgIpc) is 1.50. The summed E-state index contributed by atoms with van der Waals surface area (Å²) in [4.78, 5) is 9.55. The second-order valence-electron chi connectivity index (χ2n) is 24.1. The number of aryl methyl sites for hydroxylation is 4. The molecule has 17 heteroatoms. The van der Waals surface area contributed by atoms with E-state index in [1.807, 2.05) is 105 Å². The van der Waals surface area contributed by atoms with Crippen molar-refractivity contribution >= 4 is 165 Å². The van der Waals surface area contributed by atoms with Crippen LogP contribution in [0.2, 0.25) is 0 Å². The Hall–Kier alpha value is -9.70. The van der Waals surface area contributed by atoms with Crippen molar-refractivity contribution in [3.63, 3.8) is 0 Å². The molecule has 0 bridgehead atoms. The second-order valence-corrected chi connectivity index (χ2v) is 32.6. The molecule has 0 spiro atoms. The molecule has 16 aromatic rings. The van der Waals surface area contributed by atoms with Gasteiger partial charge in [-0.25, -0.2) is 0 Å². The Balaban J connectivity index is 0.840. The van der Waals surface area contributed by atoms with E-state index in [0.717, 1.165) is 55.4 Å². The largest absolute Gasteiger partial charge is 0.192 e. The highest BCUT2D eigenvalue weighted by Crippen LogP contribution is 2.69. The zero-order chi connectivity index (χ0) is 64.2. The minimum absolute atomic E-state index is 0.0225. The predicted molar refractivity (Wildman–Crippen MR) is 400 cm³/mol. The van der Waals surface area contributed by atoms with Gasteiger partial charge in [-0.1, -0.05) is 144 Å². The van der Waals surface area contributed by atoms with Gasteiger partial charge in [-0.2, -0.15) is 38.5 Å². The molecule has 448 valence electrons. The number of benzene rings is 7. The molecule has 0 unspecified atom stereocenters. The van der Waals surface area contributed by atoms with Crippen LogP contribution in [0.25, 0.3) is 124 Å². The lowest BCUT2D eigenvalue weighted by Gasteiger charge is -2.35. The fourth-order valence-electron chi connectivity index (χ4n) is 14.3. The number of allylic oxidation sites excluding steroid dienone is 2. The normalized spacial score (nSPS) is 13.2. The predicted octanol–water partition coefficient (Wildman–Crippen LogP) is 23.1. The zero-order valence-electron chi connectivity index (χ0n) is 50.6. The summed E-state index contributed by atoms with van der Waals surface area (Å²) in [7, 11) is 0. The van der Waals surface area contributed by atoms with Gasteiger partial charge in [-0.15, -0.1) is 79.4 Å². The molecule has 0 N–H and O–H groups in total. The lowest BCUT2D eigenvalue weighted by Crippen LogP contribution is -2.30. The van der Waals surface area contributed by atoms with Gasteiger partial charge >= 0.3 is 0 Å². The molecule has 2 aliphatic carbocycles. The average molecular weight is 1380 g/mol. The maximum atomic E-state index is 9.58. The van der Waals surface area contributed by atoms with Crippen molar-refractivity contribution in [3.8, 4) is 85.5 Å². The summed E-state index contributed by atoms with van der Waals surface area (Å²) in [6.07, 6.45) is 3.17. The zero-order valence-corrected chi connectivity index (χ0v) is 57.9. The first-order valence-electron chi connectivity index (χ1n) is 30.3. The summed E-state index contributed by atoms with van der Waals surface area (Å²) in [5.74, 6) is 0. The molecular weight excluding hydrogens is 1340 g/mol. The highest BCUT2D eigenvalue weighted by Gasteiger charge is 2.54. The van der Waals surface area contributed by atoms with Crippen LogP contribution in [0.5, 0.6) is 0 Å². The monoisotopic (exact) mass is 1380 g/mol. The molecule has 0 radical (unpaired) electrons. The molecule has 7 aromatic carbocycles. The molecule has 0 aliphatic heterocycles. The molecule has 0 fully saturated rings. The summed E-state index contributed by atoms with van der Waals surface area (Å²) in [6.45, 7) is 8.74. The van der Waals surface area contributed by atoms with Crippen molar-refractivity contribution in [2.75, 3.05) is 0 Å². The third-order valence-electron chi connectivity index (χ3n) is 18.7. The van der Waals surface area contributed by atoms with Crippen LogP contribution < -0.4 is 0 Å². The van der Waals surface area contributed by atoms with Crippen LogP contribution in [-0.2, 0) is 10.8 Å². The van der Waals surface area contributed by atoms with Gasteiger partial charge in [-0.05, 0) is 133 Å². The van der Waals surface area contributed by atoms with Gasteiger partial charge in [0.25, 0.3) is 0 Å². The molecule has 0 amide bonds. The summed E-state index contributed by atoms with van der Waals surface area (Å²) < 4.78 is 26.5. The fourth-order valence-corrected chi connectivity index (χ4v) is 24.9. The number of hydrogen-bond acceptors (Lipinski definition) is 17. The van der Waals surface area contributed by atoms with Crippen LogP contribution in [0.3, 0.4) is 0 Å². The first kappa shape index (κ1) is 57.9. The van der Waals surface area contributed by atoms with Crippen molar-refractivity contribution in [2.24, 2.45) is 0 Å². The van der Waals surface area contributed by atoms with Crippen LogP contribution in [-0.4, -0.2) is 17.5 Å². The van der Waals surface area contributed by atoms with Gasteiger partial charge in [-0.3, -0.25) is 0 Å². The molecule has 0 atom stereocenters. The van der Waals surface area contributed by atoms with Gasteiger partial charge in [0.15, 0.2) is 0 Å². The number of fused-ring (bicyclic) bond motifs is 14. The van der Waals surface area contributed by atoms with Gasteiger partial charge in [0.05, 0.1) is 53.1 Å². The third-order valence-corrected chi connectivity index (χ3v) is 28.8. The molecule has 9 aromatic heterocycles. The third kappa shape index (κ3) is 8.56. The van der Waals surface area contributed by atoms with Gasteiger partial charge in [0, 0.05) is 81.8 Å². The van der Waals surface area contributed by atoms with Crippen LogP contribution in [0.15, 0.2) is 181 Å². The van der Waals surface area contributed by atoms with Crippen molar-refractivity contribution in [1.29, 1.82) is 21.0 Å². The van der Waals surface area contributed by atoms with Crippen molar-refractivity contribution in [3.05, 3.63) is 259 Å². The fraction of sp³-hybridized carbons (Fsp3) is 0.0769. The lowest BCUT2D eigenvalue weighted by atomic mass is 9.65. The van der Waals surface area contributed by atoms with Crippen LogP contribution in [0, 0.1) is 73.0 Å². The standard InChI is InChI=1S/C78H42N8S9/c1-39-5-15-47(16-6-39)77(48-17-7-40(2)8-18-48)55-32-54-56(31-53(55)71-65(77)73-63(91-71)33-61(89-73)59-27-25-57(87-59)51-23-13-45(29-43(35-79)36-80)67-69(51)85-94-83-67)78(49-19-9-41(3)10-20-49,50-21-11-42(4)12-22-50)66-72(54)93-76-74-64(92-75(66)76)34-62(90-74)60-28-26-58(88-60)52-24-14-46(30-44(37-81)38-82)68-70(52)86-95-84-68/h5-34H,1-4H3. The van der Waals surface area contributed by atoms with E-state index < -0.39 is 10.8 Å². The van der Waals surface area contributed by atoms with E-state index >= 15 is 0 Å².